The number of nitrogens with zero attached hydrogens (tertiary/aromatic N) is 2. The molecule has 0 saturated heterocycles. The number of hydrogen-bond donors (Lipinski definition) is 2. The third-order valence-electron chi connectivity index (χ3n) is 3.19. The summed E-state index contributed by atoms with van der Waals surface area (Å²) in [5.74, 6) is 0.504. The van der Waals surface area contributed by atoms with Gasteiger partial charge >= 0.3 is 0 Å². The van der Waals surface area contributed by atoms with Gasteiger partial charge in [0.15, 0.2) is 0 Å². The maximum absolute atomic E-state index is 10.7. The van der Waals surface area contributed by atoms with E-state index in [1.54, 1.807) is 6.92 Å². The molecular formula is C15H17N3O3. The molecule has 110 valence electrons. The second-order valence-electron chi connectivity index (χ2n) is 4.87. The molecule has 0 aliphatic carbocycles. The SMILES string of the molecule is Cc1ccc([C@H](O)CNc2ccc([N+](=O)[O-])c(C)n2)cc1. The largest absolute Gasteiger partial charge is 0.387 e. The van der Waals surface area contributed by atoms with Gasteiger partial charge in [0, 0.05) is 12.6 Å². The highest BCUT2D eigenvalue weighted by Gasteiger charge is 2.12. The van der Waals surface area contributed by atoms with Gasteiger partial charge in [-0.2, -0.15) is 0 Å². The highest BCUT2D eigenvalue weighted by Crippen LogP contribution is 2.19. The van der Waals surface area contributed by atoms with Crippen LogP contribution in [-0.2, 0) is 0 Å². The Bertz CT molecular complexity index is 641. The molecule has 0 unspecified atom stereocenters. The van der Waals surface area contributed by atoms with Crippen molar-refractivity contribution in [1.29, 1.82) is 0 Å². The number of aliphatic hydroxyl groups is 1. The molecule has 2 N–H and O–H groups in total. The lowest BCUT2D eigenvalue weighted by Gasteiger charge is -2.13. The van der Waals surface area contributed by atoms with Crippen molar-refractivity contribution in [3.8, 4) is 0 Å². The Kier molecular flexibility index (Phi) is 4.49. The zero-order valence-electron chi connectivity index (χ0n) is 11.9. The van der Waals surface area contributed by atoms with Gasteiger partial charge in [-0.25, -0.2) is 4.98 Å². The number of nitrogens with one attached hydrogen (secondary N) is 1. The zero-order valence-corrected chi connectivity index (χ0v) is 11.9. The summed E-state index contributed by atoms with van der Waals surface area (Å²) in [6, 6.07) is 10.6. The van der Waals surface area contributed by atoms with Gasteiger partial charge in [-0.1, -0.05) is 29.8 Å². The van der Waals surface area contributed by atoms with E-state index in [9.17, 15) is 15.2 Å². The molecule has 0 bridgehead atoms. The molecule has 1 aromatic carbocycles. The fourth-order valence-electron chi connectivity index (χ4n) is 1.95. The first-order chi connectivity index (χ1) is 9.97. The van der Waals surface area contributed by atoms with Crippen LogP contribution in [0.15, 0.2) is 36.4 Å². The summed E-state index contributed by atoms with van der Waals surface area (Å²) in [6.45, 7) is 3.85. The minimum atomic E-state index is -0.664. The van der Waals surface area contributed by atoms with Crippen molar-refractivity contribution in [2.75, 3.05) is 11.9 Å². The van der Waals surface area contributed by atoms with E-state index in [4.69, 9.17) is 0 Å². The monoisotopic (exact) mass is 287 g/mol. The summed E-state index contributed by atoms with van der Waals surface area (Å²) >= 11 is 0. The molecule has 6 heteroatoms. The topological polar surface area (TPSA) is 88.3 Å². The molecule has 0 fully saturated rings. The number of rotatable bonds is 5. The minimum absolute atomic E-state index is 0.0142. The van der Waals surface area contributed by atoms with Crippen LogP contribution in [0.25, 0.3) is 0 Å². The second kappa shape index (κ2) is 6.32. The summed E-state index contributed by atoms with van der Waals surface area (Å²) in [6.07, 6.45) is -0.664. The van der Waals surface area contributed by atoms with Crippen molar-refractivity contribution in [3.05, 3.63) is 63.3 Å². The fraction of sp³-hybridized carbons (Fsp3) is 0.267. The lowest BCUT2D eigenvalue weighted by Crippen LogP contribution is -2.13. The summed E-state index contributed by atoms with van der Waals surface area (Å²) in [7, 11) is 0. The van der Waals surface area contributed by atoms with Crippen molar-refractivity contribution in [3.63, 3.8) is 0 Å². The van der Waals surface area contributed by atoms with Crippen LogP contribution in [0.1, 0.15) is 22.9 Å². The average molecular weight is 287 g/mol. The van der Waals surface area contributed by atoms with E-state index in [0.717, 1.165) is 11.1 Å². The zero-order chi connectivity index (χ0) is 15.4. The maximum atomic E-state index is 10.7. The van der Waals surface area contributed by atoms with E-state index >= 15 is 0 Å². The quantitative estimate of drug-likeness (QED) is 0.652. The van der Waals surface area contributed by atoms with Crippen LogP contribution in [0.3, 0.4) is 0 Å². The first-order valence-electron chi connectivity index (χ1n) is 6.58. The number of pyridine rings is 1. The molecule has 1 aromatic heterocycles. The van der Waals surface area contributed by atoms with Crippen LogP contribution >= 0.6 is 0 Å². The Labute approximate surface area is 122 Å². The van der Waals surface area contributed by atoms with Gasteiger partial charge in [-0.15, -0.1) is 0 Å². The van der Waals surface area contributed by atoms with Crippen molar-refractivity contribution in [2.45, 2.75) is 20.0 Å². The van der Waals surface area contributed by atoms with E-state index in [2.05, 4.69) is 10.3 Å². The molecule has 1 atom stereocenters. The molecule has 2 rings (SSSR count). The van der Waals surface area contributed by atoms with Gasteiger partial charge in [-0.3, -0.25) is 10.1 Å². The first kappa shape index (κ1) is 14.9. The van der Waals surface area contributed by atoms with Gasteiger partial charge < -0.3 is 10.4 Å². The fourth-order valence-corrected chi connectivity index (χ4v) is 1.95. The molecule has 0 amide bonds. The van der Waals surface area contributed by atoms with E-state index in [1.165, 1.54) is 12.1 Å². The third kappa shape index (κ3) is 3.76. The molecule has 6 nitrogen and oxygen atoms in total. The first-order valence-corrected chi connectivity index (χ1v) is 6.58. The Morgan fingerprint density at radius 2 is 1.90 bits per heavy atom. The molecule has 0 aliphatic heterocycles. The number of anilines is 1. The Hall–Kier alpha value is -2.47. The average Bonchev–Trinajstić information content (AvgIpc) is 2.45. The number of aryl methyl sites for hydroxylation is 2. The van der Waals surface area contributed by atoms with E-state index < -0.39 is 11.0 Å². The van der Waals surface area contributed by atoms with Gasteiger partial charge in [0.2, 0.25) is 0 Å². The van der Waals surface area contributed by atoms with Crippen LogP contribution in [0, 0.1) is 24.0 Å². The van der Waals surface area contributed by atoms with Crippen LogP contribution < -0.4 is 5.32 Å². The summed E-state index contributed by atoms with van der Waals surface area (Å²) in [5, 5.41) is 23.8. The van der Waals surface area contributed by atoms with E-state index in [1.807, 2.05) is 31.2 Å². The van der Waals surface area contributed by atoms with Crippen molar-refractivity contribution < 1.29 is 10.0 Å². The van der Waals surface area contributed by atoms with Crippen molar-refractivity contribution >= 4 is 11.5 Å². The molecule has 21 heavy (non-hydrogen) atoms. The predicted molar refractivity (Wildman–Crippen MR) is 80.3 cm³/mol. The lowest BCUT2D eigenvalue weighted by atomic mass is 10.1. The smallest absolute Gasteiger partial charge is 0.290 e. The molecule has 2 aromatic rings. The summed E-state index contributed by atoms with van der Waals surface area (Å²) in [4.78, 5) is 14.4. The van der Waals surface area contributed by atoms with Gasteiger partial charge in [0.25, 0.3) is 5.69 Å². The normalized spacial score (nSPS) is 12.0. The second-order valence-corrected chi connectivity index (χ2v) is 4.87. The highest BCUT2D eigenvalue weighted by molar-refractivity contribution is 5.45. The van der Waals surface area contributed by atoms with E-state index in [0.29, 0.717) is 11.5 Å². The van der Waals surface area contributed by atoms with Gasteiger partial charge in [-0.05, 0) is 25.5 Å². The number of aliphatic hydroxyl groups excluding tert-OH is 1. The molecule has 1 heterocycles. The minimum Gasteiger partial charge on any atom is -0.387 e. The highest BCUT2D eigenvalue weighted by atomic mass is 16.6. The predicted octanol–water partition coefficient (Wildman–Crippen LogP) is 2.75. The van der Waals surface area contributed by atoms with Gasteiger partial charge in [0.05, 0.1) is 11.0 Å². The summed E-state index contributed by atoms with van der Waals surface area (Å²) < 4.78 is 0. The van der Waals surface area contributed by atoms with Crippen molar-refractivity contribution in [2.24, 2.45) is 0 Å². The van der Waals surface area contributed by atoms with Crippen LogP contribution in [0.5, 0.6) is 0 Å². The Balaban J connectivity index is 2.01. The van der Waals surface area contributed by atoms with Crippen LogP contribution in [0.2, 0.25) is 0 Å². The van der Waals surface area contributed by atoms with Crippen LogP contribution in [-0.4, -0.2) is 21.6 Å². The standard InChI is InChI=1S/C15H17N3O3/c1-10-3-5-12(6-4-10)14(19)9-16-15-8-7-13(18(20)21)11(2)17-15/h3-8,14,19H,9H2,1-2H3,(H,16,17)/t14-/m1/s1. The number of nitro groups is 1. The van der Waals surface area contributed by atoms with Gasteiger partial charge in [0.1, 0.15) is 11.5 Å². The van der Waals surface area contributed by atoms with E-state index in [-0.39, 0.29) is 12.2 Å². The maximum Gasteiger partial charge on any atom is 0.290 e. The Morgan fingerprint density at radius 1 is 1.24 bits per heavy atom. The molecule has 0 radical (unpaired) electrons. The van der Waals surface area contributed by atoms with Crippen LogP contribution in [0.4, 0.5) is 11.5 Å². The molecular weight excluding hydrogens is 270 g/mol. The number of benzene rings is 1. The third-order valence-corrected chi connectivity index (χ3v) is 3.19. The molecule has 0 spiro atoms. The molecule has 0 saturated carbocycles. The number of hydrogen-bond acceptors (Lipinski definition) is 5. The van der Waals surface area contributed by atoms with Crippen molar-refractivity contribution in [1.82, 2.24) is 4.98 Å². The Morgan fingerprint density at radius 3 is 2.48 bits per heavy atom. The molecule has 0 aliphatic rings. The number of aromatic nitrogens is 1. The summed E-state index contributed by atoms with van der Waals surface area (Å²) in [5.41, 5.74) is 2.27. The lowest BCUT2D eigenvalue weighted by molar-refractivity contribution is -0.385.